The molecule has 0 aliphatic carbocycles. The largest absolute Gasteiger partial charge is 0.366 e. The fourth-order valence-electron chi connectivity index (χ4n) is 3.42. The van der Waals surface area contributed by atoms with E-state index in [-0.39, 0.29) is 10.5 Å². The average molecular weight is 416 g/mol. The van der Waals surface area contributed by atoms with Crippen LogP contribution in [0.2, 0.25) is 0 Å². The summed E-state index contributed by atoms with van der Waals surface area (Å²) >= 11 is 0. The molecule has 2 aromatic rings. The van der Waals surface area contributed by atoms with Crippen molar-refractivity contribution in [3.8, 4) is 0 Å². The summed E-state index contributed by atoms with van der Waals surface area (Å²) < 4.78 is 27.5. The Morgan fingerprint density at radius 3 is 2.45 bits per heavy atom. The van der Waals surface area contributed by atoms with Crippen molar-refractivity contribution in [3.05, 3.63) is 65.2 Å². The summed E-state index contributed by atoms with van der Waals surface area (Å²) in [6, 6.07) is 13.2. The van der Waals surface area contributed by atoms with Crippen LogP contribution in [0.1, 0.15) is 45.5 Å². The number of nitrogens with two attached hydrogens (primary N) is 1. The third-order valence-electron chi connectivity index (χ3n) is 4.98. The molecule has 2 amide bonds. The van der Waals surface area contributed by atoms with Gasteiger partial charge in [0.15, 0.2) is 0 Å². The molecule has 2 aromatic carbocycles. The first-order chi connectivity index (χ1) is 13.9. The van der Waals surface area contributed by atoms with Crippen molar-refractivity contribution in [2.45, 2.75) is 30.6 Å². The van der Waals surface area contributed by atoms with Crippen LogP contribution in [0.15, 0.2) is 53.4 Å². The van der Waals surface area contributed by atoms with Crippen molar-refractivity contribution in [2.75, 3.05) is 19.6 Å². The Hall–Kier alpha value is -2.71. The van der Waals surface area contributed by atoms with Gasteiger partial charge in [0.1, 0.15) is 0 Å². The van der Waals surface area contributed by atoms with Crippen molar-refractivity contribution < 1.29 is 18.0 Å². The second kappa shape index (κ2) is 9.19. The summed E-state index contributed by atoms with van der Waals surface area (Å²) in [5, 5.41) is 2.77. The van der Waals surface area contributed by atoms with E-state index in [0.717, 1.165) is 24.8 Å². The smallest absolute Gasteiger partial charge is 0.252 e. The number of carbonyl (C=O) groups excluding carboxylic acids is 2. The predicted molar refractivity (Wildman–Crippen MR) is 110 cm³/mol. The molecule has 0 radical (unpaired) electrons. The van der Waals surface area contributed by atoms with Crippen LogP contribution < -0.4 is 11.1 Å². The molecular formula is C21H25N3O4S. The Morgan fingerprint density at radius 1 is 1.00 bits per heavy atom. The number of primary amides is 1. The number of hydrogen-bond donors (Lipinski definition) is 2. The molecule has 29 heavy (non-hydrogen) atoms. The highest BCUT2D eigenvalue weighted by Gasteiger charge is 2.29. The summed E-state index contributed by atoms with van der Waals surface area (Å²) in [5.41, 5.74) is 6.69. The van der Waals surface area contributed by atoms with Crippen LogP contribution in [-0.4, -0.2) is 44.2 Å². The van der Waals surface area contributed by atoms with Gasteiger partial charge in [-0.25, -0.2) is 8.42 Å². The summed E-state index contributed by atoms with van der Waals surface area (Å²) in [7, 11) is -3.71. The van der Waals surface area contributed by atoms with Gasteiger partial charge < -0.3 is 11.1 Å². The molecule has 3 N–H and O–H groups in total. The highest BCUT2D eigenvalue weighted by atomic mass is 32.2. The van der Waals surface area contributed by atoms with Crippen LogP contribution in [-0.2, 0) is 16.4 Å². The number of benzene rings is 2. The van der Waals surface area contributed by atoms with Gasteiger partial charge in [0.25, 0.3) is 5.91 Å². The first kappa shape index (κ1) is 21.0. The number of carbonyl (C=O) groups is 2. The fraction of sp³-hybridized carbons (Fsp3) is 0.333. The van der Waals surface area contributed by atoms with Gasteiger partial charge in [-0.15, -0.1) is 0 Å². The van der Waals surface area contributed by atoms with Crippen molar-refractivity contribution in [1.82, 2.24) is 9.62 Å². The van der Waals surface area contributed by atoms with Gasteiger partial charge in [0, 0.05) is 25.2 Å². The molecule has 1 aliphatic rings. The molecule has 0 aromatic heterocycles. The molecule has 7 nitrogen and oxygen atoms in total. The van der Waals surface area contributed by atoms with Crippen LogP contribution in [0.4, 0.5) is 0 Å². The Bertz CT molecular complexity index is 998. The minimum absolute atomic E-state index is 0.0372. The van der Waals surface area contributed by atoms with Crippen LogP contribution in [0.3, 0.4) is 0 Å². The highest BCUT2D eigenvalue weighted by Crippen LogP contribution is 2.23. The number of amides is 2. The molecule has 0 spiro atoms. The lowest BCUT2D eigenvalue weighted by Crippen LogP contribution is -2.37. The third-order valence-corrected chi connectivity index (χ3v) is 6.93. The molecule has 0 saturated carbocycles. The zero-order valence-electron chi connectivity index (χ0n) is 16.1. The number of nitrogens with one attached hydrogen (secondary N) is 1. The van der Waals surface area contributed by atoms with Gasteiger partial charge in [-0.1, -0.05) is 30.7 Å². The maximum Gasteiger partial charge on any atom is 0.252 e. The summed E-state index contributed by atoms with van der Waals surface area (Å²) in [4.78, 5) is 24.0. The molecule has 0 atom stereocenters. The Morgan fingerprint density at radius 2 is 1.72 bits per heavy atom. The molecule has 1 aliphatic heterocycles. The topological polar surface area (TPSA) is 110 Å². The maximum absolute atomic E-state index is 13.0. The SMILES string of the molecule is NC(=O)c1cccc(CCNC(=O)c2ccccc2S(=O)(=O)N2CCCCC2)c1. The van der Waals surface area contributed by atoms with Crippen LogP contribution in [0.5, 0.6) is 0 Å². The molecular weight excluding hydrogens is 390 g/mol. The van der Waals surface area contributed by atoms with Gasteiger partial charge in [-0.05, 0) is 49.1 Å². The predicted octanol–water partition coefficient (Wildman–Crippen LogP) is 1.93. The second-order valence-electron chi connectivity index (χ2n) is 7.03. The quantitative estimate of drug-likeness (QED) is 0.720. The lowest BCUT2D eigenvalue weighted by molar-refractivity contribution is 0.0949. The minimum Gasteiger partial charge on any atom is -0.366 e. The summed E-state index contributed by atoms with van der Waals surface area (Å²) in [6.45, 7) is 1.27. The van der Waals surface area contributed by atoms with Crippen LogP contribution in [0.25, 0.3) is 0 Å². The molecule has 0 unspecified atom stereocenters. The molecule has 154 valence electrons. The zero-order chi connectivity index (χ0) is 20.9. The third kappa shape index (κ3) is 5.02. The molecule has 1 fully saturated rings. The molecule has 3 rings (SSSR count). The van der Waals surface area contributed by atoms with E-state index in [1.54, 1.807) is 30.3 Å². The van der Waals surface area contributed by atoms with E-state index in [2.05, 4.69) is 5.32 Å². The van der Waals surface area contributed by atoms with Gasteiger partial charge in [-0.3, -0.25) is 9.59 Å². The fourth-order valence-corrected chi connectivity index (χ4v) is 5.13. The number of sulfonamides is 1. The highest BCUT2D eigenvalue weighted by molar-refractivity contribution is 7.89. The van der Waals surface area contributed by atoms with E-state index in [9.17, 15) is 18.0 Å². The monoisotopic (exact) mass is 415 g/mol. The molecule has 0 bridgehead atoms. The number of nitrogens with zero attached hydrogens (tertiary/aromatic N) is 1. The number of piperidine rings is 1. The molecule has 8 heteroatoms. The van der Waals surface area contributed by atoms with E-state index in [1.807, 2.05) is 6.07 Å². The van der Waals surface area contributed by atoms with Crippen molar-refractivity contribution in [3.63, 3.8) is 0 Å². The first-order valence-corrected chi connectivity index (χ1v) is 11.1. The van der Waals surface area contributed by atoms with E-state index in [4.69, 9.17) is 5.73 Å². The van der Waals surface area contributed by atoms with E-state index in [1.165, 1.54) is 16.4 Å². The Labute approximate surface area is 171 Å². The van der Waals surface area contributed by atoms with Crippen molar-refractivity contribution in [1.29, 1.82) is 0 Å². The summed E-state index contributed by atoms with van der Waals surface area (Å²) in [5.74, 6) is -0.944. The molecule has 1 heterocycles. The number of rotatable bonds is 7. The van der Waals surface area contributed by atoms with Crippen molar-refractivity contribution in [2.24, 2.45) is 5.73 Å². The normalized spacial score (nSPS) is 15.0. The van der Waals surface area contributed by atoms with E-state index < -0.39 is 21.8 Å². The standard InChI is InChI=1S/C21H25N3O4S/c22-20(25)17-8-6-7-16(15-17)11-12-23-21(26)18-9-2-3-10-19(18)29(27,28)24-13-4-1-5-14-24/h2-3,6-10,15H,1,4-5,11-14H2,(H2,22,25)(H,23,26). The van der Waals surface area contributed by atoms with E-state index in [0.29, 0.717) is 31.6 Å². The molecule has 1 saturated heterocycles. The maximum atomic E-state index is 13.0. The zero-order valence-corrected chi connectivity index (χ0v) is 17.0. The van der Waals surface area contributed by atoms with Gasteiger partial charge in [0.05, 0.1) is 10.5 Å². The minimum atomic E-state index is -3.71. The lowest BCUT2D eigenvalue weighted by atomic mass is 10.1. The number of hydrogen-bond acceptors (Lipinski definition) is 4. The van der Waals surface area contributed by atoms with Crippen molar-refractivity contribution >= 4 is 21.8 Å². The van der Waals surface area contributed by atoms with Crippen LogP contribution in [0, 0.1) is 0 Å². The van der Waals surface area contributed by atoms with Gasteiger partial charge in [0.2, 0.25) is 15.9 Å². The second-order valence-corrected chi connectivity index (χ2v) is 8.94. The summed E-state index contributed by atoms with van der Waals surface area (Å²) in [6.07, 6.45) is 3.18. The Balaban J connectivity index is 1.70. The van der Waals surface area contributed by atoms with Gasteiger partial charge in [-0.2, -0.15) is 4.31 Å². The van der Waals surface area contributed by atoms with Gasteiger partial charge >= 0.3 is 0 Å². The Kier molecular flexibility index (Phi) is 6.66. The first-order valence-electron chi connectivity index (χ1n) is 9.66. The van der Waals surface area contributed by atoms with E-state index >= 15 is 0 Å². The van der Waals surface area contributed by atoms with Crippen LogP contribution >= 0.6 is 0 Å². The average Bonchev–Trinajstić information content (AvgIpc) is 2.74. The lowest BCUT2D eigenvalue weighted by Gasteiger charge is -2.26.